The second kappa shape index (κ2) is 8.08. The molecule has 0 radical (unpaired) electrons. The second-order valence-electron chi connectivity index (χ2n) is 6.54. The van der Waals surface area contributed by atoms with Crippen LogP contribution in [0.5, 0.6) is 11.5 Å². The molecule has 3 aromatic rings. The Kier molecular flexibility index (Phi) is 5.76. The zero-order valence-corrected chi connectivity index (χ0v) is 17.2. The summed E-state index contributed by atoms with van der Waals surface area (Å²) in [6.45, 7) is 0.145. The number of nitrogens with one attached hydrogen (secondary N) is 1. The van der Waals surface area contributed by atoms with E-state index in [0.29, 0.717) is 16.9 Å². The van der Waals surface area contributed by atoms with Crippen molar-refractivity contribution in [1.29, 1.82) is 0 Å². The van der Waals surface area contributed by atoms with Gasteiger partial charge in [-0.3, -0.25) is 0 Å². The van der Waals surface area contributed by atoms with Gasteiger partial charge in [-0.05, 0) is 29.8 Å². The van der Waals surface area contributed by atoms with Crippen molar-refractivity contribution in [2.75, 3.05) is 33.2 Å². The summed E-state index contributed by atoms with van der Waals surface area (Å²) in [6.07, 6.45) is 0. The van der Waals surface area contributed by atoms with Crippen molar-refractivity contribution < 1.29 is 17.9 Å². The van der Waals surface area contributed by atoms with Gasteiger partial charge in [0.2, 0.25) is 10.0 Å². The molecular weight excluding hydrogens is 376 g/mol. The molecule has 3 rings (SSSR count). The standard InChI is InChI=1S/C21H24N2O4S/c1-23(2)18-9-5-8-17-16(18)7-6-10-21(17)28(24,25)22-14-15-11-12-19(26-3)20(13-15)27-4/h5-13,22H,14H2,1-4H3. The fourth-order valence-corrected chi connectivity index (χ4v) is 4.37. The molecule has 0 aliphatic rings. The van der Waals surface area contributed by atoms with Crippen LogP contribution >= 0.6 is 0 Å². The fourth-order valence-electron chi connectivity index (χ4n) is 3.14. The van der Waals surface area contributed by atoms with Crippen molar-refractivity contribution in [3.05, 3.63) is 60.2 Å². The third-order valence-corrected chi connectivity index (χ3v) is 6.00. The van der Waals surface area contributed by atoms with E-state index in [0.717, 1.165) is 16.6 Å². The topological polar surface area (TPSA) is 67.9 Å². The first-order chi connectivity index (χ1) is 13.4. The zero-order chi connectivity index (χ0) is 20.3. The molecule has 0 unspecified atom stereocenters. The van der Waals surface area contributed by atoms with Crippen LogP contribution in [-0.4, -0.2) is 36.7 Å². The smallest absolute Gasteiger partial charge is 0.241 e. The minimum atomic E-state index is -3.70. The molecule has 0 amide bonds. The van der Waals surface area contributed by atoms with Gasteiger partial charge in [-0.2, -0.15) is 0 Å². The summed E-state index contributed by atoms with van der Waals surface area (Å²) < 4.78 is 39.2. The maximum atomic E-state index is 13.0. The van der Waals surface area contributed by atoms with Crippen molar-refractivity contribution in [3.8, 4) is 11.5 Å². The number of fused-ring (bicyclic) bond motifs is 1. The maximum absolute atomic E-state index is 13.0. The summed E-state index contributed by atoms with van der Waals surface area (Å²) in [5.41, 5.74) is 1.74. The quantitative estimate of drug-likeness (QED) is 0.658. The third-order valence-electron chi connectivity index (χ3n) is 4.54. The molecule has 0 aliphatic heterocycles. The minimum Gasteiger partial charge on any atom is -0.493 e. The van der Waals surface area contributed by atoms with E-state index in [1.807, 2.05) is 43.3 Å². The Balaban J connectivity index is 1.93. The number of hydrogen-bond acceptors (Lipinski definition) is 5. The van der Waals surface area contributed by atoms with Crippen LogP contribution in [0.2, 0.25) is 0 Å². The zero-order valence-electron chi connectivity index (χ0n) is 16.4. The summed E-state index contributed by atoms with van der Waals surface area (Å²) in [4.78, 5) is 2.23. The predicted molar refractivity (Wildman–Crippen MR) is 112 cm³/mol. The predicted octanol–water partition coefficient (Wildman–Crippen LogP) is 3.40. The summed E-state index contributed by atoms with van der Waals surface area (Å²) in [6, 6.07) is 16.3. The summed E-state index contributed by atoms with van der Waals surface area (Å²) >= 11 is 0. The van der Waals surface area contributed by atoms with Crippen molar-refractivity contribution >= 4 is 26.5 Å². The van der Waals surface area contributed by atoms with Gasteiger partial charge in [-0.25, -0.2) is 13.1 Å². The summed E-state index contributed by atoms with van der Waals surface area (Å²) in [5.74, 6) is 1.15. The molecule has 0 aromatic heterocycles. The molecule has 1 N–H and O–H groups in total. The molecule has 7 heteroatoms. The molecule has 0 saturated heterocycles. The SMILES string of the molecule is COc1ccc(CNS(=O)(=O)c2cccc3c(N(C)C)cccc23)cc1OC. The van der Waals surface area contributed by atoms with Crippen LogP contribution in [0.15, 0.2) is 59.5 Å². The molecule has 0 atom stereocenters. The second-order valence-corrected chi connectivity index (χ2v) is 8.27. The van der Waals surface area contributed by atoms with Gasteiger partial charge in [0.15, 0.2) is 11.5 Å². The number of methoxy groups -OCH3 is 2. The average Bonchev–Trinajstić information content (AvgIpc) is 2.70. The Labute approximate surface area is 165 Å². The fraction of sp³-hybridized carbons (Fsp3) is 0.238. The first kappa shape index (κ1) is 20.0. The van der Waals surface area contributed by atoms with Gasteiger partial charge in [-0.1, -0.05) is 30.3 Å². The monoisotopic (exact) mass is 400 g/mol. The van der Waals surface area contributed by atoms with E-state index in [9.17, 15) is 8.42 Å². The Bertz CT molecular complexity index is 1090. The van der Waals surface area contributed by atoms with Gasteiger partial charge in [0.1, 0.15) is 0 Å². The van der Waals surface area contributed by atoms with E-state index in [4.69, 9.17) is 9.47 Å². The van der Waals surface area contributed by atoms with Crippen LogP contribution < -0.4 is 19.1 Å². The van der Waals surface area contributed by atoms with Crippen molar-refractivity contribution in [3.63, 3.8) is 0 Å². The lowest BCUT2D eigenvalue weighted by Gasteiger charge is -2.17. The lowest BCUT2D eigenvalue weighted by molar-refractivity contribution is 0.354. The largest absolute Gasteiger partial charge is 0.493 e. The summed E-state index contributed by atoms with van der Waals surface area (Å²) in [7, 11) is 3.27. The summed E-state index contributed by atoms with van der Waals surface area (Å²) in [5, 5.41) is 1.58. The molecule has 0 saturated carbocycles. The number of hydrogen-bond donors (Lipinski definition) is 1. The highest BCUT2D eigenvalue weighted by Crippen LogP contribution is 2.31. The average molecular weight is 401 g/mol. The van der Waals surface area contributed by atoms with Gasteiger partial charge in [0, 0.05) is 37.1 Å². The Hall–Kier alpha value is -2.77. The lowest BCUT2D eigenvalue weighted by Crippen LogP contribution is -2.23. The molecule has 148 valence electrons. The van der Waals surface area contributed by atoms with E-state index in [1.165, 1.54) is 0 Å². The van der Waals surface area contributed by atoms with Crippen LogP contribution in [0.25, 0.3) is 10.8 Å². The van der Waals surface area contributed by atoms with Gasteiger partial charge >= 0.3 is 0 Å². The molecule has 6 nitrogen and oxygen atoms in total. The number of benzene rings is 3. The molecule has 0 spiro atoms. The van der Waals surface area contributed by atoms with Gasteiger partial charge in [-0.15, -0.1) is 0 Å². The van der Waals surface area contributed by atoms with Crippen molar-refractivity contribution in [1.82, 2.24) is 4.72 Å². The van der Waals surface area contributed by atoms with Crippen LogP contribution in [0.3, 0.4) is 0 Å². The van der Waals surface area contributed by atoms with Crippen molar-refractivity contribution in [2.24, 2.45) is 0 Å². The third kappa shape index (κ3) is 3.90. The Morgan fingerprint density at radius 2 is 1.57 bits per heavy atom. The molecule has 0 fully saturated rings. The molecule has 0 aliphatic carbocycles. The van der Waals surface area contributed by atoms with Gasteiger partial charge in [0.25, 0.3) is 0 Å². The first-order valence-electron chi connectivity index (χ1n) is 8.77. The molecular formula is C21H24N2O4S. The van der Waals surface area contributed by atoms with E-state index < -0.39 is 10.0 Å². The molecule has 3 aromatic carbocycles. The van der Waals surface area contributed by atoms with Crippen LogP contribution in [0, 0.1) is 0 Å². The highest BCUT2D eigenvalue weighted by atomic mass is 32.2. The van der Waals surface area contributed by atoms with Crippen LogP contribution in [0.1, 0.15) is 5.56 Å². The van der Waals surface area contributed by atoms with E-state index in [2.05, 4.69) is 4.72 Å². The lowest BCUT2D eigenvalue weighted by atomic mass is 10.1. The van der Waals surface area contributed by atoms with Crippen LogP contribution in [-0.2, 0) is 16.6 Å². The number of rotatable bonds is 7. The van der Waals surface area contributed by atoms with Gasteiger partial charge in [0.05, 0.1) is 19.1 Å². The molecule has 0 heterocycles. The van der Waals surface area contributed by atoms with E-state index >= 15 is 0 Å². The highest BCUT2D eigenvalue weighted by Gasteiger charge is 2.18. The van der Waals surface area contributed by atoms with Crippen LogP contribution in [0.4, 0.5) is 5.69 Å². The first-order valence-corrected chi connectivity index (χ1v) is 10.3. The highest BCUT2D eigenvalue weighted by molar-refractivity contribution is 7.89. The molecule has 0 bridgehead atoms. The number of nitrogens with zero attached hydrogens (tertiary/aromatic N) is 1. The number of ether oxygens (including phenoxy) is 2. The Morgan fingerprint density at radius 1 is 0.893 bits per heavy atom. The normalized spacial score (nSPS) is 11.4. The van der Waals surface area contributed by atoms with E-state index in [1.54, 1.807) is 44.6 Å². The van der Waals surface area contributed by atoms with E-state index in [-0.39, 0.29) is 11.4 Å². The number of sulfonamides is 1. The van der Waals surface area contributed by atoms with Crippen molar-refractivity contribution in [2.45, 2.75) is 11.4 Å². The minimum absolute atomic E-state index is 0.145. The maximum Gasteiger partial charge on any atom is 0.241 e. The van der Waals surface area contributed by atoms with Gasteiger partial charge < -0.3 is 14.4 Å². The Morgan fingerprint density at radius 3 is 2.25 bits per heavy atom. The molecule has 28 heavy (non-hydrogen) atoms. The number of anilines is 1.